The minimum absolute atomic E-state index is 0. The van der Waals surface area contributed by atoms with Gasteiger partial charge in [-0.15, -0.1) is 24.0 Å². The Kier molecular flexibility index (Phi) is 8.12. The van der Waals surface area contributed by atoms with Gasteiger partial charge in [-0.2, -0.15) is 0 Å². The molecule has 0 unspecified atom stereocenters. The number of imide groups is 1. The Morgan fingerprint density at radius 3 is 2.31 bits per heavy atom. The topological polar surface area (TPSA) is 73.8 Å². The van der Waals surface area contributed by atoms with E-state index in [4.69, 9.17) is 0 Å². The van der Waals surface area contributed by atoms with Crippen molar-refractivity contribution in [2.45, 2.75) is 20.4 Å². The molecule has 0 radical (unpaired) electrons. The summed E-state index contributed by atoms with van der Waals surface area (Å²) in [7, 11) is 0. The summed E-state index contributed by atoms with van der Waals surface area (Å²) in [5.41, 5.74) is 2.37. The second kappa shape index (κ2) is 10.3. The average Bonchev–Trinajstić information content (AvgIpc) is 2.94. The van der Waals surface area contributed by atoms with Crippen molar-refractivity contribution >= 4 is 41.8 Å². The number of carbonyl (C=O) groups is 2. The van der Waals surface area contributed by atoms with E-state index >= 15 is 0 Å². The van der Waals surface area contributed by atoms with E-state index in [-0.39, 0.29) is 48.2 Å². The Morgan fingerprint density at radius 1 is 1.07 bits per heavy atom. The maximum Gasteiger partial charge on any atom is 0.261 e. The molecule has 2 aromatic rings. The van der Waals surface area contributed by atoms with Crippen LogP contribution in [0.25, 0.3) is 0 Å². The first-order chi connectivity index (χ1) is 13.5. The van der Waals surface area contributed by atoms with E-state index in [9.17, 15) is 14.0 Å². The SMILES string of the molecule is CCNC(=NCc1ccc(F)c(C)c1)NCCN1C(=O)c2ccccc2C1=O.I. The molecular formula is C21H24FIN4O2. The number of aryl methyl sites for hydroxylation is 1. The van der Waals surface area contributed by atoms with Crippen molar-refractivity contribution < 1.29 is 14.0 Å². The Morgan fingerprint density at radius 2 is 1.72 bits per heavy atom. The van der Waals surface area contributed by atoms with Gasteiger partial charge in [-0.3, -0.25) is 14.5 Å². The van der Waals surface area contributed by atoms with Crippen LogP contribution in [0, 0.1) is 12.7 Å². The lowest BCUT2D eigenvalue weighted by molar-refractivity contribution is 0.0657. The third kappa shape index (κ3) is 5.31. The third-order valence-electron chi connectivity index (χ3n) is 4.49. The highest BCUT2D eigenvalue weighted by Gasteiger charge is 2.34. The minimum Gasteiger partial charge on any atom is -0.357 e. The van der Waals surface area contributed by atoms with Crippen molar-refractivity contribution in [2.24, 2.45) is 4.99 Å². The lowest BCUT2D eigenvalue weighted by atomic mass is 10.1. The van der Waals surface area contributed by atoms with Crippen LogP contribution >= 0.6 is 24.0 Å². The standard InChI is InChI=1S/C21H23FN4O2.HI/c1-3-23-21(25-13-15-8-9-18(22)14(2)12-15)24-10-11-26-19(27)16-6-4-5-7-17(16)20(26)28;/h4-9,12H,3,10-11,13H2,1-2H3,(H2,23,24,25);1H. The number of fused-ring (bicyclic) bond motifs is 1. The summed E-state index contributed by atoms with van der Waals surface area (Å²) >= 11 is 0. The van der Waals surface area contributed by atoms with Gasteiger partial charge >= 0.3 is 0 Å². The van der Waals surface area contributed by atoms with Crippen molar-refractivity contribution in [1.29, 1.82) is 0 Å². The maximum atomic E-state index is 13.4. The molecule has 0 saturated heterocycles. The number of carbonyl (C=O) groups excluding carboxylic acids is 2. The molecule has 0 fully saturated rings. The minimum atomic E-state index is -0.272. The van der Waals surface area contributed by atoms with E-state index in [1.807, 2.05) is 6.92 Å². The quantitative estimate of drug-likeness (QED) is 0.271. The Hall–Kier alpha value is -2.49. The summed E-state index contributed by atoms with van der Waals surface area (Å²) in [5.74, 6) is -0.211. The number of guanidine groups is 1. The lowest BCUT2D eigenvalue weighted by Crippen LogP contribution is -2.43. The van der Waals surface area contributed by atoms with Crippen molar-refractivity contribution in [3.05, 3.63) is 70.5 Å². The van der Waals surface area contributed by atoms with Crippen LogP contribution in [0.5, 0.6) is 0 Å². The lowest BCUT2D eigenvalue weighted by Gasteiger charge is -2.16. The van der Waals surface area contributed by atoms with Gasteiger partial charge < -0.3 is 10.6 Å². The van der Waals surface area contributed by atoms with Crippen LogP contribution in [0.3, 0.4) is 0 Å². The first kappa shape index (κ1) is 22.8. The number of aliphatic imine (C=N–C) groups is 1. The van der Waals surface area contributed by atoms with Gasteiger partial charge in [0, 0.05) is 19.6 Å². The van der Waals surface area contributed by atoms with Gasteiger partial charge in [0.15, 0.2) is 5.96 Å². The van der Waals surface area contributed by atoms with E-state index in [1.54, 1.807) is 43.3 Å². The summed E-state index contributed by atoms with van der Waals surface area (Å²) in [6, 6.07) is 11.7. The van der Waals surface area contributed by atoms with E-state index in [1.165, 1.54) is 11.0 Å². The van der Waals surface area contributed by atoms with Crippen LogP contribution in [-0.4, -0.2) is 42.3 Å². The molecule has 1 aliphatic heterocycles. The van der Waals surface area contributed by atoms with Gasteiger partial charge in [-0.25, -0.2) is 9.38 Å². The first-order valence-corrected chi connectivity index (χ1v) is 9.23. The maximum absolute atomic E-state index is 13.4. The molecular weight excluding hydrogens is 486 g/mol. The summed E-state index contributed by atoms with van der Waals surface area (Å²) in [6.07, 6.45) is 0. The number of rotatable bonds is 6. The molecule has 3 rings (SSSR count). The van der Waals surface area contributed by atoms with Crippen molar-refractivity contribution in [2.75, 3.05) is 19.6 Å². The van der Waals surface area contributed by atoms with Gasteiger partial charge in [0.25, 0.3) is 11.8 Å². The highest BCUT2D eigenvalue weighted by molar-refractivity contribution is 14.0. The first-order valence-electron chi connectivity index (χ1n) is 9.23. The molecule has 0 spiro atoms. The number of nitrogens with zero attached hydrogens (tertiary/aromatic N) is 2. The van der Waals surface area contributed by atoms with Gasteiger partial charge in [0.2, 0.25) is 0 Å². The predicted molar refractivity (Wildman–Crippen MR) is 121 cm³/mol. The Balaban J connectivity index is 0.00000300. The molecule has 0 atom stereocenters. The van der Waals surface area contributed by atoms with Crippen LogP contribution < -0.4 is 10.6 Å². The van der Waals surface area contributed by atoms with Gasteiger partial charge in [0.1, 0.15) is 5.82 Å². The Labute approximate surface area is 186 Å². The van der Waals surface area contributed by atoms with Crippen LogP contribution in [0.2, 0.25) is 0 Å². The van der Waals surface area contributed by atoms with Gasteiger partial charge in [-0.05, 0) is 43.2 Å². The van der Waals surface area contributed by atoms with E-state index in [0.717, 1.165) is 5.56 Å². The predicted octanol–water partition coefficient (Wildman–Crippen LogP) is 3.10. The smallest absolute Gasteiger partial charge is 0.261 e. The average molecular weight is 510 g/mol. The molecule has 0 bridgehead atoms. The summed E-state index contributed by atoms with van der Waals surface area (Å²) in [5, 5.41) is 6.25. The zero-order chi connectivity index (χ0) is 20.1. The molecule has 8 heteroatoms. The fourth-order valence-electron chi connectivity index (χ4n) is 3.05. The number of hydrogen-bond acceptors (Lipinski definition) is 3. The van der Waals surface area contributed by atoms with Crippen LogP contribution in [0.15, 0.2) is 47.5 Å². The van der Waals surface area contributed by atoms with Gasteiger partial charge in [-0.1, -0.05) is 24.3 Å². The molecule has 29 heavy (non-hydrogen) atoms. The second-order valence-electron chi connectivity index (χ2n) is 6.51. The van der Waals surface area contributed by atoms with Crippen molar-refractivity contribution in [1.82, 2.24) is 15.5 Å². The molecule has 2 N–H and O–H groups in total. The normalized spacial score (nSPS) is 13.2. The van der Waals surface area contributed by atoms with E-state index < -0.39 is 0 Å². The molecule has 154 valence electrons. The largest absolute Gasteiger partial charge is 0.357 e. The fraction of sp³-hybridized carbons (Fsp3) is 0.286. The molecule has 0 aromatic heterocycles. The molecule has 1 heterocycles. The van der Waals surface area contributed by atoms with Crippen LogP contribution in [0.1, 0.15) is 38.8 Å². The van der Waals surface area contributed by atoms with Crippen LogP contribution in [-0.2, 0) is 6.54 Å². The number of halogens is 2. The third-order valence-corrected chi connectivity index (χ3v) is 4.49. The molecule has 1 aliphatic rings. The summed E-state index contributed by atoms with van der Waals surface area (Å²) < 4.78 is 13.4. The summed E-state index contributed by atoms with van der Waals surface area (Å²) in [4.78, 5) is 30.5. The van der Waals surface area contributed by atoms with Crippen molar-refractivity contribution in [3.63, 3.8) is 0 Å². The zero-order valence-corrected chi connectivity index (χ0v) is 18.7. The Bertz CT molecular complexity index is 898. The molecule has 2 amide bonds. The number of hydrogen-bond donors (Lipinski definition) is 2. The molecule has 0 aliphatic carbocycles. The van der Waals surface area contributed by atoms with Gasteiger partial charge in [0.05, 0.1) is 17.7 Å². The number of amides is 2. The number of benzene rings is 2. The zero-order valence-electron chi connectivity index (χ0n) is 16.4. The molecule has 0 saturated carbocycles. The highest BCUT2D eigenvalue weighted by Crippen LogP contribution is 2.21. The van der Waals surface area contributed by atoms with Crippen molar-refractivity contribution in [3.8, 4) is 0 Å². The highest BCUT2D eigenvalue weighted by atomic mass is 127. The molecule has 6 nitrogen and oxygen atoms in total. The van der Waals surface area contributed by atoms with E-state index in [0.29, 0.717) is 42.3 Å². The van der Waals surface area contributed by atoms with E-state index in [2.05, 4.69) is 15.6 Å². The summed E-state index contributed by atoms with van der Waals surface area (Å²) in [6.45, 7) is 5.34. The fourth-order valence-corrected chi connectivity index (χ4v) is 3.05. The second-order valence-corrected chi connectivity index (χ2v) is 6.51. The monoisotopic (exact) mass is 510 g/mol. The molecule has 2 aromatic carbocycles. The number of nitrogens with one attached hydrogen (secondary N) is 2. The van der Waals surface area contributed by atoms with Crippen LogP contribution in [0.4, 0.5) is 4.39 Å².